The van der Waals surface area contributed by atoms with E-state index in [2.05, 4.69) is 26.0 Å². The van der Waals surface area contributed by atoms with Crippen LogP contribution in [0.1, 0.15) is 59.8 Å². The Hall–Kier alpha value is -2.32. The number of rotatable bonds is 8. The van der Waals surface area contributed by atoms with Gasteiger partial charge in [0.05, 0.1) is 12.2 Å². The molecule has 1 unspecified atom stereocenters. The first kappa shape index (κ1) is 27.3. The summed E-state index contributed by atoms with van der Waals surface area (Å²) in [7, 11) is 0. The largest absolute Gasteiger partial charge is 0.465 e. The first-order chi connectivity index (χ1) is 18.1. The van der Waals surface area contributed by atoms with Crippen LogP contribution in [-0.2, 0) is 33.3 Å². The van der Waals surface area contributed by atoms with Crippen molar-refractivity contribution in [3.63, 3.8) is 0 Å². The second-order valence-electron chi connectivity index (χ2n) is 11.8. The number of fused-ring (bicyclic) bond motifs is 1. The van der Waals surface area contributed by atoms with Gasteiger partial charge in [-0.1, -0.05) is 32.0 Å². The standard InChI is InChI=1S/C30H38O7S/c1-19(31)35-17-29(4)24-10-14-30(18-36-30)25(28(24,3)13-11-26(29)37-20(2)32)16-23(22-12-15-34-27(22)33)38-21-8-6-5-7-9-21/h5-9,12,23-26H,10-11,13-18H2,1-4H3/t23?,24-,25-,26+,28+,29-,30+/m0/s1. The van der Waals surface area contributed by atoms with E-state index in [0.717, 1.165) is 42.8 Å². The quantitative estimate of drug-likeness (QED) is 0.194. The summed E-state index contributed by atoms with van der Waals surface area (Å²) in [6.07, 6.45) is 5.74. The molecule has 1 aromatic carbocycles. The minimum absolute atomic E-state index is 0.0695. The van der Waals surface area contributed by atoms with Gasteiger partial charge < -0.3 is 18.9 Å². The molecule has 0 radical (unpaired) electrons. The summed E-state index contributed by atoms with van der Waals surface area (Å²) in [5, 5.41) is -0.0695. The Balaban J connectivity index is 1.49. The summed E-state index contributed by atoms with van der Waals surface area (Å²) in [5.74, 6) is -0.549. The van der Waals surface area contributed by atoms with Gasteiger partial charge in [-0.05, 0) is 67.6 Å². The monoisotopic (exact) mass is 542 g/mol. The molecule has 0 aromatic heterocycles. The fourth-order valence-corrected chi connectivity index (χ4v) is 8.93. The van der Waals surface area contributed by atoms with Gasteiger partial charge in [-0.25, -0.2) is 4.79 Å². The lowest BCUT2D eigenvalue weighted by Gasteiger charge is -2.61. The van der Waals surface area contributed by atoms with Crippen LogP contribution in [0.4, 0.5) is 0 Å². The summed E-state index contributed by atoms with van der Waals surface area (Å²) >= 11 is 1.71. The number of epoxide rings is 1. The number of cyclic esters (lactones) is 1. The van der Waals surface area contributed by atoms with Crippen LogP contribution in [0.25, 0.3) is 0 Å². The molecule has 38 heavy (non-hydrogen) atoms. The molecule has 2 saturated carbocycles. The van der Waals surface area contributed by atoms with Crippen molar-refractivity contribution in [3.05, 3.63) is 42.0 Å². The Labute approximate surface area is 229 Å². The molecule has 0 N–H and O–H groups in total. The highest BCUT2D eigenvalue weighted by molar-refractivity contribution is 8.00. The molecule has 5 rings (SSSR count). The number of hydrogen-bond donors (Lipinski definition) is 0. The fourth-order valence-electron chi connectivity index (χ4n) is 7.68. The number of hydrogen-bond acceptors (Lipinski definition) is 8. The molecule has 7 atom stereocenters. The summed E-state index contributed by atoms with van der Waals surface area (Å²) in [6, 6.07) is 10.2. The van der Waals surface area contributed by atoms with Crippen molar-refractivity contribution in [1.29, 1.82) is 0 Å². The van der Waals surface area contributed by atoms with Gasteiger partial charge in [0.25, 0.3) is 0 Å². The molecule has 1 aromatic rings. The summed E-state index contributed by atoms with van der Waals surface area (Å²) < 4.78 is 23.1. The average Bonchev–Trinajstić information content (AvgIpc) is 3.51. The maximum absolute atomic E-state index is 12.8. The van der Waals surface area contributed by atoms with E-state index in [1.165, 1.54) is 13.8 Å². The van der Waals surface area contributed by atoms with Gasteiger partial charge in [0.1, 0.15) is 19.3 Å². The maximum Gasteiger partial charge on any atom is 0.335 e. The van der Waals surface area contributed by atoms with Crippen LogP contribution >= 0.6 is 11.8 Å². The first-order valence-electron chi connectivity index (χ1n) is 13.6. The van der Waals surface area contributed by atoms with Gasteiger partial charge in [0, 0.05) is 35.0 Å². The van der Waals surface area contributed by atoms with Gasteiger partial charge in [-0.15, -0.1) is 11.8 Å². The van der Waals surface area contributed by atoms with Crippen LogP contribution in [0, 0.1) is 22.7 Å². The molecule has 0 bridgehead atoms. The first-order valence-corrected chi connectivity index (χ1v) is 14.5. The van der Waals surface area contributed by atoms with Gasteiger partial charge >= 0.3 is 17.9 Å². The summed E-state index contributed by atoms with van der Waals surface area (Å²) in [5.41, 5.74) is -0.150. The van der Waals surface area contributed by atoms with Crippen molar-refractivity contribution in [2.75, 3.05) is 19.8 Å². The highest BCUT2D eigenvalue weighted by atomic mass is 32.2. The molecule has 206 valence electrons. The highest BCUT2D eigenvalue weighted by Gasteiger charge is 2.68. The van der Waals surface area contributed by atoms with Gasteiger partial charge in [0.15, 0.2) is 0 Å². The Morgan fingerprint density at radius 1 is 1.11 bits per heavy atom. The minimum Gasteiger partial charge on any atom is -0.465 e. The molecule has 8 heteroatoms. The maximum atomic E-state index is 12.8. The molecule has 2 heterocycles. The molecule has 3 fully saturated rings. The molecular weight excluding hydrogens is 504 g/mol. The van der Waals surface area contributed by atoms with E-state index in [-0.39, 0.29) is 58.7 Å². The van der Waals surface area contributed by atoms with E-state index in [0.29, 0.717) is 13.0 Å². The average molecular weight is 543 g/mol. The van der Waals surface area contributed by atoms with Gasteiger partial charge in [-0.3, -0.25) is 9.59 Å². The number of esters is 3. The van der Waals surface area contributed by atoms with E-state index >= 15 is 0 Å². The van der Waals surface area contributed by atoms with Crippen molar-refractivity contribution < 1.29 is 33.3 Å². The second kappa shape index (κ2) is 10.3. The number of ether oxygens (including phenoxy) is 4. The number of benzene rings is 1. The topological polar surface area (TPSA) is 91.4 Å². The highest BCUT2D eigenvalue weighted by Crippen LogP contribution is 2.67. The molecule has 1 saturated heterocycles. The third-order valence-corrected chi connectivity index (χ3v) is 10.8. The van der Waals surface area contributed by atoms with E-state index in [9.17, 15) is 14.4 Å². The predicted molar refractivity (Wildman–Crippen MR) is 142 cm³/mol. The smallest absolute Gasteiger partial charge is 0.335 e. The zero-order valence-electron chi connectivity index (χ0n) is 22.7. The van der Waals surface area contributed by atoms with Crippen molar-refractivity contribution in [3.8, 4) is 0 Å². The SMILES string of the molecule is CC(=O)OC[C@@]1(C)[C@H]2CC[C@@]3(CO3)[C@@H](CC(Sc3ccccc3)C3=CCOC3=O)[C@]2(C)CC[C@H]1OC(C)=O. The lowest BCUT2D eigenvalue weighted by Crippen LogP contribution is -2.61. The van der Waals surface area contributed by atoms with Crippen molar-refractivity contribution in [2.24, 2.45) is 22.7 Å². The Morgan fingerprint density at radius 3 is 2.45 bits per heavy atom. The van der Waals surface area contributed by atoms with Crippen LogP contribution in [0.3, 0.4) is 0 Å². The lowest BCUT2D eigenvalue weighted by molar-refractivity contribution is -0.202. The molecule has 4 aliphatic rings. The van der Waals surface area contributed by atoms with Gasteiger partial charge in [0.2, 0.25) is 0 Å². The minimum atomic E-state index is -0.521. The summed E-state index contributed by atoms with van der Waals surface area (Å²) in [6.45, 7) is 8.56. The molecule has 2 aliphatic heterocycles. The Kier molecular flexibility index (Phi) is 7.42. The van der Waals surface area contributed by atoms with E-state index in [4.69, 9.17) is 18.9 Å². The van der Waals surface area contributed by atoms with E-state index < -0.39 is 5.41 Å². The predicted octanol–water partition coefficient (Wildman–Crippen LogP) is 5.12. The molecule has 2 aliphatic carbocycles. The molecular formula is C30H38O7S. The number of thioether (sulfide) groups is 1. The van der Waals surface area contributed by atoms with Gasteiger partial charge in [-0.2, -0.15) is 0 Å². The third kappa shape index (κ3) is 5.02. The van der Waals surface area contributed by atoms with Crippen LogP contribution in [0.15, 0.2) is 46.9 Å². The van der Waals surface area contributed by atoms with Crippen LogP contribution < -0.4 is 0 Å². The summed E-state index contributed by atoms with van der Waals surface area (Å²) in [4.78, 5) is 37.8. The molecule has 1 spiro atoms. The third-order valence-electron chi connectivity index (χ3n) is 9.54. The zero-order chi connectivity index (χ0) is 27.1. The zero-order valence-corrected chi connectivity index (χ0v) is 23.5. The van der Waals surface area contributed by atoms with Crippen LogP contribution in [0.5, 0.6) is 0 Å². The van der Waals surface area contributed by atoms with E-state index in [1.807, 2.05) is 24.3 Å². The fraction of sp³-hybridized carbons (Fsp3) is 0.633. The van der Waals surface area contributed by atoms with Crippen molar-refractivity contribution >= 4 is 29.7 Å². The van der Waals surface area contributed by atoms with Crippen LogP contribution in [0.2, 0.25) is 0 Å². The van der Waals surface area contributed by atoms with E-state index in [1.54, 1.807) is 11.8 Å². The molecule has 0 amide bonds. The Bertz CT molecular complexity index is 1110. The van der Waals surface area contributed by atoms with Crippen LogP contribution in [-0.4, -0.2) is 54.7 Å². The molecule has 7 nitrogen and oxygen atoms in total. The second-order valence-corrected chi connectivity index (χ2v) is 13.1. The number of carbonyl (C=O) groups is 3. The lowest BCUT2D eigenvalue weighted by atomic mass is 9.44. The normalized spacial score (nSPS) is 36.6. The Morgan fingerprint density at radius 2 is 1.84 bits per heavy atom. The van der Waals surface area contributed by atoms with Crippen molar-refractivity contribution in [1.82, 2.24) is 0 Å². The van der Waals surface area contributed by atoms with Crippen molar-refractivity contribution in [2.45, 2.75) is 81.6 Å². The number of carbonyl (C=O) groups excluding carboxylic acids is 3.